The third kappa shape index (κ3) is 2.01. The molecule has 0 unspecified atom stereocenters. The molecular formula is C10H6F3N2O4S-. The summed E-state index contributed by atoms with van der Waals surface area (Å²) in [6.45, 7) is 1.31. The van der Waals surface area contributed by atoms with Gasteiger partial charge in [-0.05, 0) is 18.6 Å². The van der Waals surface area contributed by atoms with Crippen molar-refractivity contribution in [2.45, 2.75) is 12.4 Å². The van der Waals surface area contributed by atoms with Crippen molar-refractivity contribution in [1.29, 1.82) is 0 Å². The van der Waals surface area contributed by atoms with Crippen molar-refractivity contribution >= 4 is 26.9 Å². The summed E-state index contributed by atoms with van der Waals surface area (Å²) in [7, 11) is -5.73. The quantitative estimate of drug-likeness (QED) is 0.801. The molecule has 0 radical (unpaired) electrons. The average Bonchev–Trinajstić information content (AvgIpc) is 2.65. The number of nitrogens with zero attached hydrogens (tertiary/aromatic N) is 2. The zero-order valence-corrected chi connectivity index (χ0v) is 10.6. The van der Waals surface area contributed by atoms with Crippen molar-refractivity contribution in [3.05, 3.63) is 29.5 Å². The Morgan fingerprint density at radius 1 is 1.35 bits per heavy atom. The third-order valence-electron chi connectivity index (χ3n) is 2.59. The van der Waals surface area contributed by atoms with Crippen LogP contribution in [0.3, 0.4) is 0 Å². The molecule has 6 nitrogen and oxygen atoms in total. The van der Waals surface area contributed by atoms with Crippen molar-refractivity contribution < 1.29 is 31.5 Å². The maximum Gasteiger partial charge on any atom is 0.518 e. The van der Waals surface area contributed by atoms with Gasteiger partial charge in [-0.25, -0.2) is 0 Å². The molecule has 0 amide bonds. The Hall–Kier alpha value is -2.10. The minimum Gasteiger partial charge on any atom is -0.545 e. The number of carboxylic acids is 1. The lowest BCUT2D eigenvalue weighted by molar-refractivity contribution is -0.255. The monoisotopic (exact) mass is 307 g/mol. The van der Waals surface area contributed by atoms with Crippen molar-refractivity contribution in [3.8, 4) is 0 Å². The zero-order chi connectivity index (χ0) is 15.3. The van der Waals surface area contributed by atoms with E-state index in [2.05, 4.69) is 5.10 Å². The molecule has 2 aromatic rings. The minimum absolute atomic E-state index is 0.0257. The number of aromatic nitrogens is 2. The van der Waals surface area contributed by atoms with Crippen molar-refractivity contribution in [2.75, 3.05) is 0 Å². The maximum atomic E-state index is 12.5. The van der Waals surface area contributed by atoms with Crippen molar-refractivity contribution in [3.63, 3.8) is 0 Å². The van der Waals surface area contributed by atoms with Crippen LogP contribution >= 0.6 is 0 Å². The molecule has 20 heavy (non-hydrogen) atoms. The Morgan fingerprint density at radius 3 is 2.45 bits per heavy atom. The van der Waals surface area contributed by atoms with Crippen LogP contribution in [0.4, 0.5) is 13.2 Å². The van der Waals surface area contributed by atoms with E-state index >= 15 is 0 Å². The van der Waals surface area contributed by atoms with Crippen LogP contribution in [0, 0.1) is 6.92 Å². The van der Waals surface area contributed by atoms with Gasteiger partial charge in [0.15, 0.2) is 0 Å². The lowest BCUT2D eigenvalue weighted by Gasteiger charge is -2.09. The highest BCUT2D eigenvalue weighted by atomic mass is 32.2. The van der Waals surface area contributed by atoms with E-state index in [-0.39, 0.29) is 15.2 Å². The summed E-state index contributed by atoms with van der Waals surface area (Å²) in [5.41, 5.74) is -6.44. The SMILES string of the molecule is Cc1nn(S(=O)(=O)C(F)(F)F)c2cc(C(=O)[O-])ccc12. The van der Waals surface area contributed by atoms with Gasteiger partial charge in [0.2, 0.25) is 0 Å². The molecule has 1 aromatic heterocycles. The zero-order valence-electron chi connectivity index (χ0n) is 9.80. The first-order valence-corrected chi connectivity index (χ1v) is 6.52. The van der Waals surface area contributed by atoms with Gasteiger partial charge in [-0.3, -0.25) is 0 Å². The van der Waals surface area contributed by atoms with Gasteiger partial charge in [0.05, 0.1) is 17.2 Å². The Morgan fingerprint density at radius 2 is 1.95 bits per heavy atom. The van der Waals surface area contributed by atoms with Gasteiger partial charge in [-0.15, -0.1) is 4.09 Å². The van der Waals surface area contributed by atoms with Gasteiger partial charge in [0, 0.05) is 5.39 Å². The average molecular weight is 307 g/mol. The van der Waals surface area contributed by atoms with Crippen LogP contribution in [0.5, 0.6) is 0 Å². The molecule has 10 heteroatoms. The number of hydrogen-bond donors (Lipinski definition) is 0. The second-order valence-corrected chi connectivity index (χ2v) is 5.66. The number of halogens is 3. The van der Waals surface area contributed by atoms with E-state index in [1.54, 1.807) is 0 Å². The van der Waals surface area contributed by atoms with E-state index in [9.17, 15) is 31.5 Å². The van der Waals surface area contributed by atoms with Crippen LogP contribution in [-0.4, -0.2) is 29.1 Å². The first-order chi connectivity index (χ1) is 9.05. The van der Waals surface area contributed by atoms with E-state index in [1.807, 2.05) is 0 Å². The molecule has 0 saturated heterocycles. The number of fused-ring (bicyclic) bond motifs is 1. The summed E-state index contributed by atoms with van der Waals surface area (Å²) >= 11 is 0. The second kappa shape index (κ2) is 4.20. The highest BCUT2D eigenvalue weighted by Crippen LogP contribution is 2.29. The Labute approximate surface area is 110 Å². The third-order valence-corrected chi connectivity index (χ3v) is 3.91. The largest absolute Gasteiger partial charge is 0.545 e. The predicted molar refractivity (Wildman–Crippen MR) is 59.2 cm³/mol. The van der Waals surface area contributed by atoms with Gasteiger partial charge in [-0.2, -0.15) is 26.7 Å². The van der Waals surface area contributed by atoms with E-state index in [0.29, 0.717) is 0 Å². The van der Waals surface area contributed by atoms with Gasteiger partial charge >= 0.3 is 15.5 Å². The summed E-state index contributed by atoms with van der Waals surface area (Å²) in [5.74, 6) is -1.64. The van der Waals surface area contributed by atoms with Crippen LogP contribution in [0.1, 0.15) is 16.1 Å². The standard InChI is InChI=1S/C10H7F3N2O4S/c1-5-7-3-2-6(9(16)17)4-8(7)15(14-5)20(18,19)10(11,12)13/h2-4H,1H3,(H,16,17)/p-1. The summed E-state index contributed by atoms with van der Waals surface area (Å²) in [4.78, 5) is 10.7. The van der Waals surface area contributed by atoms with Gasteiger partial charge < -0.3 is 9.90 Å². The number of rotatable bonds is 2. The summed E-state index contributed by atoms with van der Waals surface area (Å²) < 4.78 is 60.1. The number of benzene rings is 1. The first-order valence-electron chi connectivity index (χ1n) is 5.08. The molecule has 108 valence electrons. The van der Waals surface area contributed by atoms with E-state index in [1.165, 1.54) is 13.0 Å². The molecule has 0 atom stereocenters. The number of hydrogen-bond acceptors (Lipinski definition) is 5. The van der Waals surface area contributed by atoms with Gasteiger partial charge in [0.25, 0.3) is 0 Å². The molecule has 1 aromatic carbocycles. The van der Waals surface area contributed by atoms with E-state index in [0.717, 1.165) is 12.1 Å². The second-order valence-electron chi connectivity index (χ2n) is 3.90. The number of carbonyl (C=O) groups excluding carboxylic acids is 1. The molecule has 0 spiro atoms. The molecule has 0 bridgehead atoms. The Balaban J connectivity index is 2.85. The number of aromatic carboxylic acids is 1. The molecule has 0 aliphatic rings. The van der Waals surface area contributed by atoms with Crippen molar-refractivity contribution in [1.82, 2.24) is 9.19 Å². The fraction of sp³-hybridized carbons (Fsp3) is 0.200. The molecule has 0 aliphatic carbocycles. The maximum absolute atomic E-state index is 12.5. The normalized spacial score (nSPS) is 12.8. The fourth-order valence-corrected chi connectivity index (χ4v) is 2.48. The molecule has 2 rings (SSSR count). The Kier molecular flexibility index (Phi) is 3.00. The van der Waals surface area contributed by atoms with Crippen LogP contribution in [-0.2, 0) is 10.0 Å². The number of alkyl halides is 3. The molecule has 0 aliphatic heterocycles. The molecule has 0 N–H and O–H groups in total. The van der Waals surface area contributed by atoms with E-state index < -0.39 is 32.6 Å². The highest BCUT2D eigenvalue weighted by Gasteiger charge is 2.48. The van der Waals surface area contributed by atoms with E-state index in [4.69, 9.17) is 0 Å². The van der Waals surface area contributed by atoms with Crippen LogP contribution in [0.25, 0.3) is 10.9 Å². The van der Waals surface area contributed by atoms with Crippen LogP contribution in [0.15, 0.2) is 18.2 Å². The first kappa shape index (κ1) is 14.3. The molecule has 0 saturated carbocycles. The molecule has 0 fully saturated rings. The summed E-state index contributed by atoms with van der Waals surface area (Å²) in [6.07, 6.45) is 0. The molecular weight excluding hydrogens is 301 g/mol. The van der Waals surface area contributed by atoms with Gasteiger partial charge in [-0.1, -0.05) is 12.1 Å². The summed E-state index contributed by atoms with van der Waals surface area (Å²) in [6, 6.07) is 3.04. The number of aryl methyl sites for hydroxylation is 1. The lowest BCUT2D eigenvalue weighted by Crippen LogP contribution is -2.30. The number of carboxylic acid groups (broad SMARTS) is 1. The summed E-state index contributed by atoms with van der Waals surface area (Å²) in [5, 5.41) is 14.1. The van der Waals surface area contributed by atoms with Crippen LogP contribution < -0.4 is 5.11 Å². The minimum atomic E-state index is -5.73. The lowest BCUT2D eigenvalue weighted by atomic mass is 10.1. The van der Waals surface area contributed by atoms with Crippen molar-refractivity contribution in [2.24, 2.45) is 0 Å². The fourth-order valence-electron chi connectivity index (χ4n) is 1.65. The highest BCUT2D eigenvalue weighted by molar-refractivity contribution is 7.90. The smallest absolute Gasteiger partial charge is 0.518 e. The molecule has 1 heterocycles. The topological polar surface area (TPSA) is 92.1 Å². The predicted octanol–water partition coefficient (Wildman–Crippen LogP) is 0.406. The number of carbonyl (C=O) groups is 1. The van der Waals surface area contributed by atoms with Gasteiger partial charge in [0.1, 0.15) is 0 Å². The Bertz CT molecular complexity index is 808. The van der Waals surface area contributed by atoms with Crippen LogP contribution in [0.2, 0.25) is 0 Å².